The molecule has 0 saturated heterocycles. The molecule has 0 amide bonds. The van der Waals surface area contributed by atoms with Crippen LogP contribution in [-0.2, 0) is 6.61 Å². The first kappa shape index (κ1) is 14.6. The minimum Gasteiger partial charge on any atom is -0.493 e. The van der Waals surface area contributed by atoms with E-state index in [9.17, 15) is 10.1 Å². The summed E-state index contributed by atoms with van der Waals surface area (Å²) in [5.41, 5.74) is 0.995. The van der Waals surface area contributed by atoms with E-state index in [0.717, 1.165) is 9.13 Å². The lowest BCUT2D eigenvalue weighted by Crippen LogP contribution is -1.98. The maximum absolute atomic E-state index is 10.7. The molecular weight excluding hydrogens is 373 g/mol. The van der Waals surface area contributed by atoms with E-state index in [1.54, 1.807) is 6.07 Å². The highest BCUT2D eigenvalue weighted by atomic mass is 127. The molecule has 2 aromatic rings. The van der Waals surface area contributed by atoms with Crippen LogP contribution in [0, 0.1) is 13.7 Å². The van der Waals surface area contributed by atoms with Crippen LogP contribution >= 0.6 is 22.6 Å². The second-order valence-corrected chi connectivity index (χ2v) is 5.25. The summed E-state index contributed by atoms with van der Waals surface area (Å²) in [4.78, 5) is 10.2. The molecule has 0 radical (unpaired) electrons. The van der Waals surface area contributed by atoms with Gasteiger partial charge in [0.05, 0.1) is 18.1 Å². The van der Waals surface area contributed by atoms with Gasteiger partial charge in [0.25, 0.3) is 5.69 Å². The fourth-order valence-electron chi connectivity index (χ4n) is 1.63. The number of hydrogen-bond acceptors (Lipinski definition) is 4. The van der Waals surface area contributed by atoms with Gasteiger partial charge in [0.1, 0.15) is 6.61 Å². The zero-order valence-electron chi connectivity index (χ0n) is 10.7. The minimum absolute atomic E-state index is 0.0246. The monoisotopic (exact) mass is 385 g/mol. The van der Waals surface area contributed by atoms with Crippen molar-refractivity contribution in [3.63, 3.8) is 0 Å². The molecule has 0 atom stereocenters. The van der Waals surface area contributed by atoms with E-state index in [1.165, 1.54) is 19.2 Å². The van der Waals surface area contributed by atoms with Crippen LogP contribution in [0.5, 0.6) is 11.5 Å². The number of hydrogen-bond donors (Lipinski definition) is 0. The van der Waals surface area contributed by atoms with Crippen LogP contribution in [0.25, 0.3) is 0 Å². The van der Waals surface area contributed by atoms with Crippen LogP contribution in [0.4, 0.5) is 5.69 Å². The Hall–Kier alpha value is -1.83. The zero-order valence-corrected chi connectivity index (χ0v) is 12.9. The van der Waals surface area contributed by atoms with Gasteiger partial charge in [-0.2, -0.15) is 0 Å². The molecular formula is C14H12INO4. The smallest absolute Gasteiger partial charge is 0.273 e. The largest absolute Gasteiger partial charge is 0.493 e. The van der Waals surface area contributed by atoms with E-state index >= 15 is 0 Å². The second kappa shape index (κ2) is 6.56. The summed E-state index contributed by atoms with van der Waals surface area (Å²) < 4.78 is 11.9. The molecule has 0 aliphatic rings. The van der Waals surface area contributed by atoms with E-state index in [2.05, 4.69) is 22.6 Å². The van der Waals surface area contributed by atoms with Gasteiger partial charge in [0, 0.05) is 9.64 Å². The van der Waals surface area contributed by atoms with Crippen molar-refractivity contribution in [2.24, 2.45) is 0 Å². The van der Waals surface area contributed by atoms with E-state index in [1.807, 2.05) is 24.3 Å². The summed E-state index contributed by atoms with van der Waals surface area (Å²) in [7, 11) is 1.46. The Kier molecular flexibility index (Phi) is 4.78. The predicted molar refractivity (Wildman–Crippen MR) is 83.1 cm³/mol. The van der Waals surface area contributed by atoms with Crippen LogP contribution in [0.15, 0.2) is 42.5 Å². The molecule has 0 N–H and O–H groups in total. The lowest BCUT2D eigenvalue weighted by molar-refractivity contribution is -0.385. The van der Waals surface area contributed by atoms with Gasteiger partial charge in [-0.1, -0.05) is 12.1 Å². The summed E-state index contributed by atoms with van der Waals surface area (Å²) >= 11 is 2.23. The molecule has 6 heteroatoms. The van der Waals surface area contributed by atoms with Crippen LogP contribution in [0.2, 0.25) is 0 Å². The Morgan fingerprint density at radius 2 is 1.85 bits per heavy atom. The van der Waals surface area contributed by atoms with Crippen molar-refractivity contribution in [3.8, 4) is 11.5 Å². The summed E-state index contributed by atoms with van der Waals surface area (Å²) in [6.07, 6.45) is 0. The highest BCUT2D eigenvalue weighted by Gasteiger charge is 2.12. The number of non-ortho nitro benzene ring substituents is 1. The van der Waals surface area contributed by atoms with Gasteiger partial charge < -0.3 is 9.47 Å². The molecule has 0 unspecified atom stereocenters. The maximum atomic E-state index is 10.7. The minimum atomic E-state index is -0.467. The van der Waals surface area contributed by atoms with Crippen molar-refractivity contribution in [1.82, 2.24) is 0 Å². The normalized spacial score (nSPS) is 10.1. The molecule has 5 nitrogen and oxygen atoms in total. The van der Waals surface area contributed by atoms with Gasteiger partial charge in [-0.3, -0.25) is 10.1 Å². The molecule has 0 heterocycles. The summed E-state index contributed by atoms with van der Waals surface area (Å²) in [5, 5.41) is 10.7. The summed E-state index contributed by atoms with van der Waals surface area (Å²) in [5.74, 6) is 0.835. The highest BCUT2D eigenvalue weighted by molar-refractivity contribution is 14.1. The molecule has 2 aromatic carbocycles. The quantitative estimate of drug-likeness (QED) is 0.447. The topological polar surface area (TPSA) is 61.6 Å². The van der Waals surface area contributed by atoms with Crippen LogP contribution in [-0.4, -0.2) is 12.0 Å². The maximum Gasteiger partial charge on any atom is 0.273 e. The van der Waals surface area contributed by atoms with E-state index < -0.39 is 4.92 Å². The average Bonchev–Trinajstić information content (AvgIpc) is 2.46. The first-order chi connectivity index (χ1) is 9.60. The standard InChI is InChI=1S/C14H12INO4/c1-19-14-8-12(16(17)18)6-7-13(14)20-9-10-2-4-11(15)5-3-10/h2-8H,9H2,1H3. The number of methoxy groups -OCH3 is 1. The third-order valence-corrected chi connectivity index (χ3v) is 3.38. The van der Waals surface area contributed by atoms with Crippen molar-refractivity contribution in [1.29, 1.82) is 0 Å². The van der Waals surface area contributed by atoms with E-state index in [0.29, 0.717) is 18.1 Å². The van der Waals surface area contributed by atoms with Crippen molar-refractivity contribution >= 4 is 28.3 Å². The molecule has 0 aromatic heterocycles. The Labute approximate surface area is 129 Å². The van der Waals surface area contributed by atoms with Crippen molar-refractivity contribution < 1.29 is 14.4 Å². The Morgan fingerprint density at radius 1 is 1.15 bits per heavy atom. The van der Waals surface area contributed by atoms with E-state index in [4.69, 9.17) is 9.47 Å². The third kappa shape index (κ3) is 3.60. The number of nitro benzene ring substituents is 1. The van der Waals surface area contributed by atoms with Crippen molar-refractivity contribution in [3.05, 3.63) is 61.7 Å². The van der Waals surface area contributed by atoms with Crippen LogP contribution in [0.3, 0.4) is 0 Å². The number of nitrogens with zero attached hydrogens (tertiary/aromatic N) is 1. The molecule has 0 saturated carbocycles. The summed E-state index contributed by atoms with van der Waals surface area (Å²) in [6.45, 7) is 0.380. The molecule has 0 fully saturated rings. The Bertz CT molecular complexity index is 613. The number of ether oxygens (including phenoxy) is 2. The SMILES string of the molecule is COc1cc([N+](=O)[O-])ccc1OCc1ccc(I)cc1. The summed E-state index contributed by atoms with van der Waals surface area (Å²) in [6, 6.07) is 12.2. The lowest BCUT2D eigenvalue weighted by atomic mass is 10.2. The molecule has 2 rings (SSSR count). The Balaban J connectivity index is 2.12. The van der Waals surface area contributed by atoms with Gasteiger partial charge in [-0.25, -0.2) is 0 Å². The van der Waals surface area contributed by atoms with Crippen molar-refractivity contribution in [2.75, 3.05) is 7.11 Å². The van der Waals surface area contributed by atoms with E-state index in [-0.39, 0.29) is 5.69 Å². The van der Waals surface area contributed by atoms with Crippen LogP contribution in [0.1, 0.15) is 5.56 Å². The molecule has 20 heavy (non-hydrogen) atoms. The highest BCUT2D eigenvalue weighted by Crippen LogP contribution is 2.31. The fraction of sp³-hybridized carbons (Fsp3) is 0.143. The molecule has 0 bridgehead atoms. The molecule has 104 valence electrons. The fourth-order valence-corrected chi connectivity index (χ4v) is 1.99. The van der Waals surface area contributed by atoms with Gasteiger partial charge in [0.15, 0.2) is 11.5 Å². The van der Waals surface area contributed by atoms with Crippen molar-refractivity contribution in [2.45, 2.75) is 6.61 Å². The average molecular weight is 385 g/mol. The first-order valence-electron chi connectivity index (χ1n) is 5.80. The molecule has 0 aliphatic heterocycles. The van der Waals surface area contributed by atoms with Gasteiger partial charge in [-0.15, -0.1) is 0 Å². The zero-order chi connectivity index (χ0) is 14.5. The molecule has 0 aliphatic carbocycles. The number of rotatable bonds is 5. The predicted octanol–water partition coefficient (Wildman–Crippen LogP) is 3.79. The van der Waals surface area contributed by atoms with Crippen LogP contribution < -0.4 is 9.47 Å². The van der Waals surface area contributed by atoms with Gasteiger partial charge in [0.2, 0.25) is 0 Å². The number of halogens is 1. The number of nitro groups is 1. The number of benzene rings is 2. The third-order valence-electron chi connectivity index (χ3n) is 2.67. The first-order valence-corrected chi connectivity index (χ1v) is 6.87. The van der Waals surface area contributed by atoms with Gasteiger partial charge in [-0.05, 0) is 46.4 Å². The van der Waals surface area contributed by atoms with Gasteiger partial charge >= 0.3 is 0 Å². The second-order valence-electron chi connectivity index (χ2n) is 4.01. The molecule has 0 spiro atoms. The lowest BCUT2D eigenvalue weighted by Gasteiger charge is -2.10. The Morgan fingerprint density at radius 3 is 2.45 bits per heavy atom.